The third kappa shape index (κ3) is 6.65. The molecule has 0 N–H and O–H groups in total. The zero-order chi connectivity index (χ0) is 7.82. The maximum Gasteiger partial charge on any atom is 0.438 e. The van der Waals surface area contributed by atoms with E-state index in [4.69, 9.17) is 16.6 Å². The van der Waals surface area contributed by atoms with E-state index in [2.05, 4.69) is 29.8 Å². The van der Waals surface area contributed by atoms with Crippen molar-refractivity contribution in [2.24, 2.45) is 15.1 Å². The van der Waals surface area contributed by atoms with Gasteiger partial charge in [-0.05, 0) is 31.3 Å². The second kappa shape index (κ2) is 8.76. The fourth-order valence-corrected chi connectivity index (χ4v) is 0.208. The Morgan fingerprint density at radius 1 is 0.818 bits per heavy atom. The average Bonchev–Trinajstić information content (AvgIpc) is 1.90. The van der Waals surface area contributed by atoms with Gasteiger partial charge in [-0.15, -0.1) is 15.1 Å². The predicted molar refractivity (Wildman–Crippen MR) is 41.7 cm³/mol. The van der Waals surface area contributed by atoms with Gasteiger partial charge in [0.05, 0.1) is 0 Å². The van der Waals surface area contributed by atoms with E-state index >= 15 is 0 Å². The van der Waals surface area contributed by atoms with Crippen molar-refractivity contribution in [1.82, 2.24) is 0 Å². The molecule has 11 heteroatoms. The van der Waals surface area contributed by atoms with E-state index < -0.39 is 7.12 Å². The Balaban J connectivity index is 0. The average molecular weight is 163 g/mol. The van der Waals surface area contributed by atoms with Gasteiger partial charge in [0.25, 0.3) is 0 Å². The Labute approximate surface area is 76.9 Å². The standard InChI is InChI=1S/BN9.Mg.2H/c2-8-5-1(6-9-3)7-10-4;;;. The highest BCUT2D eigenvalue weighted by Gasteiger charge is 2.03. The predicted octanol–water partition coefficient (Wildman–Crippen LogP) is 0.986. The van der Waals surface area contributed by atoms with Crippen LogP contribution in [0, 0.1) is 0 Å². The van der Waals surface area contributed by atoms with Crippen molar-refractivity contribution in [3.8, 4) is 0 Å². The maximum absolute atomic E-state index is 7.78. The van der Waals surface area contributed by atoms with Crippen molar-refractivity contribution in [1.29, 1.82) is 0 Å². The van der Waals surface area contributed by atoms with Gasteiger partial charge in [0, 0.05) is 0 Å². The minimum atomic E-state index is -1.35. The van der Waals surface area contributed by atoms with Gasteiger partial charge in [0.1, 0.15) is 0 Å². The number of hydrogen-bond donors (Lipinski definition) is 0. The molecule has 0 aliphatic carbocycles. The van der Waals surface area contributed by atoms with E-state index in [0.717, 1.165) is 0 Å². The van der Waals surface area contributed by atoms with Crippen LogP contribution in [0.2, 0.25) is 0 Å². The quantitative estimate of drug-likeness (QED) is 0.252. The molecular weight excluding hydrogens is 161 g/mol. The molecule has 0 amide bonds. The first kappa shape index (κ1) is 12.4. The van der Waals surface area contributed by atoms with Crippen LogP contribution in [0.25, 0.3) is 31.3 Å². The molecule has 0 atom stereocenters. The highest BCUT2D eigenvalue weighted by molar-refractivity contribution is 6.52. The molecule has 9 nitrogen and oxygen atoms in total. The molecule has 0 radical (unpaired) electrons. The van der Waals surface area contributed by atoms with Crippen molar-refractivity contribution in [3.05, 3.63) is 31.3 Å². The highest BCUT2D eigenvalue weighted by Crippen LogP contribution is 1.90. The van der Waals surface area contributed by atoms with E-state index in [1.54, 1.807) is 0 Å². The molecule has 0 unspecified atom stereocenters. The smallest absolute Gasteiger partial charge is 0.134 e. The Morgan fingerprint density at radius 2 is 1.09 bits per heavy atom. The van der Waals surface area contributed by atoms with Gasteiger partial charge < -0.3 is 0 Å². The summed E-state index contributed by atoms with van der Waals surface area (Å²) < 4.78 is 0. The molecule has 0 bridgehead atoms. The summed E-state index contributed by atoms with van der Waals surface area (Å²) in [7, 11) is -1.35. The summed E-state index contributed by atoms with van der Waals surface area (Å²) in [4.78, 5) is 6.81. The lowest BCUT2D eigenvalue weighted by Gasteiger charge is -1.80. The summed E-state index contributed by atoms with van der Waals surface area (Å²) in [5.41, 5.74) is 23.3. The van der Waals surface area contributed by atoms with Gasteiger partial charge in [-0.2, -0.15) is 0 Å². The molecule has 0 aliphatic rings. The summed E-state index contributed by atoms with van der Waals surface area (Å²) in [6.07, 6.45) is 0. The minimum absolute atomic E-state index is 0. The molecule has 0 saturated carbocycles. The summed E-state index contributed by atoms with van der Waals surface area (Å²) >= 11 is 0. The van der Waals surface area contributed by atoms with Crippen LogP contribution in [0.5, 0.6) is 0 Å². The molecule has 0 aromatic carbocycles. The van der Waals surface area contributed by atoms with Crippen LogP contribution in [0.4, 0.5) is 0 Å². The lowest BCUT2D eigenvalue weighted by Crippen LogP contribution is -1.96. The zero-order valence-electron chi connectivity index (χ0n) is 4.60. The normalized spacial score (nSPS) is 5.45. The van der Waals surface area contributed by atoms with E-state index in [1.165, 1.54) is 0 Å². The maximum atomic E-state index is 7.78. The second-order valence-corrected chi connectivity index (χ2v) is 0.961. The third-order valence-electron chi connectivity index (χ3n) is 0.465. The van der Waals surface area contributed by atoms with Gasteiger partial charge >= 0.3 is 30.2 Å². The number of azide groups is 1. The minimum Gasteiger partial charge on any atom is -0.134 e. The lowest BCUT2D eigenvalue weighted by molar-refractivity contribution is 1.43. The van der Waals surface area contributed by atoms with Gasteiger partial charge in [0.15, 0.2) is 0 Å². The molecule has 0 heterocycles. The molecule has 0 aromatic rings. The summed E-state index contributed by atoms with van der Waals surface area (Å²) in [5.74, 6) is 0. The Morgan fingerprint density at radius 3 is 1.27 bits per heavy atom. The summed E-state index contributed by atoms with van der Waals surface area (Å²) in [6.45, 7) is 0. The SMILES string of the molecule is [MgH2].[N-]=[N+]=NB(N=[N+]=[N-])N=[N+]=[N-]. The fourth-order valence-electron chi connectivity index (χ4n) is 0.208. The van der Waals surface area contributed by atoms with Crippen molar-refractivity contribution in [2.45, 2.75) is 0 Å². The van der Waals surface area contributed by atoms with Crippen LogP contribution < -0.4 is 0 Å². The first-order chi connectivity index (χ1) is 4.85. The number of rotatable bonds is 3. The molecule has 0 spiro atoms. The largest absolute Gasteiger partial charge is 0.438 e. The molecule has 0 saturated heterocycles. The van der Waals surface area contributed by atoms with Crippen LogP contribution in [0.15, 0.2) is 15.1 Å². The first-order valence-corrected chi connectivity index (χ1v) is 1.97. The Hall–Kier alpha value is -1.24. The monoisotopic (exact) mass is 163 g/mol. The van der Waals surface area contributed by atoms with Gasteiger partial charge in [-0.3, -0.25) is 0 Å². The molecule has 0 rings (SSSR count). The Kier molecular flexibility index (Phi) is 9.91. The van der Waals surface area contributed by atoms with E-state index in [-0.39, 0.29) is 23.1 Å². The van der Waals surface area contributed by atoms with Gasteiger partial charge in [-0.25, -0.2) is 0 Å². The number of hydrogen-bond acceptors (Lipinski definition) is 3. The van der Waals surface area contributed by atoms with Crippen molar-refractivity contribution >= 4 is 30.2 Å². The molecular formula is H2BMgN9. The fraction of sp³-hybridized carbons (Fsp3) is 0. The van der Waals surface area contributed by atoms with E-state index in [0.29, 0.717) is 0 Å². The summed E-state index contributed by atoms with van der Waals surface area (Å²) in [5, 5.41) is 8.53. The first-order valence-electron chi connectivity index (χ1n) is 1.97. The topological polar surface area (TPSA) is 146 Å². The van der Waals surface area contributed by atoms with Crippen molar-refractivity contribution in [3.63, 3.8) is 0 Å². The van der Waals surface area contributed by atoms with Crippen LogP contribution in [-0.4, -0.2) is 30.2 Å². The second-order valence-electron chi connectivity index (χ2n) is 0.961. The molecule has 11 heavy (non-hydrogen) atoms. The molecule has 0 aromatic heterocycles. The molecule has 52 valence electrons. The lowest BCUT2D eigenvalue weighted by atomic mass is 10.0. The third-order valence-corrected chi connectivity index (χ3v) is 0.465. The number of nitrogens with zero attached hydrogens (tertiary/aromatic N) is 9. The van der Waals surface area contributed by atoms with Crippen LogP contribution in [-0.2, 0) is 0 Å². The van der Waals surface area contributed by atoms with Crippen molar-refractivity contribution in [2.75, 3.05) is 0 Å². The zero-order valence-corrected chi connectivity index (χ0v) is 4.60. The van der Waals surface area contributed by atoms with Gasteiger partial charge in [-0.1, -0.05) is 0 Å². The van der Waals surface area contributed by atoms with Crippen molar-refractivity contribution < 1.29 is 0 Å². The molecule has 0 aliphatic heterocycles. The Bertz CT molecular complexity index is 193. The van der Waals surface area contributed by atoms with E-state index in [9.17, 15) is 0 Å². The van der Waals surface area contributed by atoms with Gasteiger partial charge in [0.2, 0.25) is 0 Å². The van der Waals surface area contributed by atoms with Crippen LogP contribution >= 0.6 is 0 Å². The van der Waals surface area contributed by atoms with Crippen LogP contribution in [0.1, 0.15) is 0 Å². The highest BCUT2D eigenvalue weighted by atomic mass is 24.3. The molecule has 0 fully saturated rings. The van der Waals surface area contributed by atoms with E-state index in [1.807, 2.05) is 0 Å². The van der Waals surface area contributed by atoms with Crippen LogP contribution in [0.3, 0.4) is 0 Å². The summed E-state index contributed by atoms with van der Waals surface area (Å²) in [6, 6.07) is 0.